The van der Waals surface area contributed by atoms with E-state index in [0.717, 1.165) is 28.4 Å². The molecule has 0 aliphatic heterocycles. The molecular weight excluding hydrogens is 448 g/mol. The first kappa shape index (κ1) is 26.6. The maximum Gasteiger partial charge on any atom is 0.244 e. The van der Waals surface area contributed by atoms with Crippen LogP contribution in [0, 0.1) is 0 Å². The van der Waals surface area contributed by atoms with Gasteiger partial charge in [0.25, 0.3) is 0 Å². The summed E-state index contributed by atoms with van der Waals surface area (Å²) in [5.41, 5.74) is 0.714. The van der Waals surface area contributed by atoms with Gasteiger partial charge in [-0.15, -0.1) is 12.4 Å². The van der Waals surface area contributed by atoms with E-state index in [-0.39, 0.29) is 24.9 Å². The van der Waals surface area contributed by atoms with Crippen LogP contribution in [-0.4, -0.2) is 81.1 Å². The molecule has 0 saturated carbocycles. The monoisotopic (exact) mass is 478 g/mol. The van der Waals surface area contributed by atoms with Crippen LogP contribution in [-0.2, 0) is 14.8 Å². The zero-order valence-corrected chi connectivity index (χ0v) is 20.6. The number of hydrogen-bond acceptors (Lipinski definition) is 7. The Hall–Kier alpha value is -1.46. The van der Waals surface area contributed by atoms with E-state index in [4.69, 9.17) is 4.74 Å². The first-order chi connectivity index (χ1) is 13.7. The van der Waals surface area contributed by atoms with E-state index >= 15 is 0 Å². The smallest absolute Gasteiger partial charge is 0.244 e. The number of ether oxygens (including phenoxy) is 1. The summed E-state index contributed by atoms with van der Waals surface area (Å²) in [6.45, 7) is 9.19. The lowest BCUT2D eigenvalue weighted by atomic mass is 10.3. The number of rotatable bonds is 11. The SMILES string of the molecule is CCOc1cccc2sc(N(CCN(CC)CC)C(=O)CN(C)S(C)(=O)=O)nc12.Cl. The first-order valence-electron chi connectivity index (χ1n) is 9.67. The molecule has 1 heterocycles. The molecular formula is C19H31ClN4O4S2. The van der Waals surface area contributed by atoms with Crippen LogP contribution in [0.25, 0.3) is 10.2 Å². The van der Waals surface area contributed by atoms with E-state index in [2.05, 4.69) is 23.7 Å². The fourth-order valence-corrected chi connectivity index (χ4v) is 4.17. The summed E-state index contributed by atoms with van der Waals surface area (Å²) >= 11 is 1.40. The molecule has 0 atom stereocenters. The number of fused-ring (bicyclic) bond motifs is 1. The van der Waals surface area contributed by atoms with Gasteiger partial charge < -0.3 is 9.64 Å². The minimum Gasteiger partial charge on any atom is -0.492 e. The number of likely N-dealkylation sites (N-methyl/N-ethyl adjacent to an activating group) is 2. The van der Waals surface area contributed by atoms with Crippen LogP contribution in [0.5, 0.6) is 5.75 Å². The number of anilines is 1. The van der Waals surface area contributed by atoms with Crippen molar-refractivity contribution in [3.8, 4) is 5.75 Å². The van der Waals surface area contributed by atoms with Gasteiger partial charge in [0, 0.05) is 20.1 Å². The lowest BCUT2D eigenvalue weighted by molar-refractivity contribution is -0.118. The second kappa shape index (κ2) is 11.8. The Balaban J connectivity index is 0.00000450. The van der Waals surface area contributed by atoms with Gasteiger partial charge in [-0.25, -0.2) is 13.4 Å². The van der Waals surface area contributed by atoms with E-state index in [9.17, 15) is 13.2 Å². The minimum absolute atomic E-state index is 0. The van der Waals surface area contributed by atoms with Gasteiger partial charge in [-0.1, -0.05) is 31.3 Å². The molecule has 1 aromatic carbocycles. The molecule has 0 aliphatic carbocycles. The van der Waals surface area contributed by atoms with Crippen LogP contribution in [0.1, 0.15) is 20.8 Å². The second-order valence-electron chi connectivity index (χ2n) is 6.62. The average molecular weight is 479 g/mol. The van der Waals surface area contributed by atoms with Crippen molar-refractivity contribution < 1.29 is 17.9 Å². The lowest BCUT2D eigenvalue weighted by Gasteiger charge is -2.26. The van der Waals surface area contributed by atoms with Crippen LogP contribution in [0.15, 0.2) is 18.2 Å². The number of aromatic nitrogens is 1. The van der Waals surface area contributed by atoms with Gasteiger partial charge in [0.2, 0.25) is 15.9 Å². The number of hydrogen-bond donors (Lipinski definition) is 0. The molecule has 11 heteroatoms. The topological polar surface area (TPSA) is 83.0 Å². The van der Waals surface area contributed by atoms with Gasteiger partial charge in [0.1, 0.15) is 11.3 Å². The summed E-state index contributed by atoms with van der Waals surface area (Å²) < 4.78 is 31.2. The number of carbonyl (C=O) groups is 1. The van der Waals surface area contributed by atoms with E-state index < -0.39 is 10.0 Å². The maximum absolute atomic E-state index is 13.0. The predicted molar refractivity (Wildman–Crippen MR) is 126 cm³/mol. The molecule has 8 nitrogen and oxygen atoms in total. The molecule has 0 bridgehead atoms. The largest absolute Gasteiger partial charge is 0.492 e. The highest BCUT2D eigenvalue weighted by atomic mass is 35.5. The third-order valence-corrected chi connectivity index (χ3v) is 6.97. The van der Waals surface area contributed by atoms with Crippen molar-refractivity contribution in [1.29, 1.82) is 0 Å². The molecule has 0 fully saturated rings. The number of thiazole rings is 1. The van der Waals surface area contributed by atoms with Gasteiger partial charge >= 0.3 is 0 Å². The Morgan fingerprint density at radius 2 is 1.83 bits per heavy atom. The number of para-hydroxylation sites is 1. The first-order valence-corrected chi connectivity index (χ1v) is 12.3. The summed E-state index contributed by atoms with van der Waals surface area (Å²) in [4.78, 5) is 21.5. The highest BCUT2D eigenvalue weighted by molar-refractivity contribution is 7.88. The van der Waals surface area contributed by atoms with Crippen molar-refractivity contribution in [3.63, 3.8) is 0 Å². The number of halogens is 1. The Bertz CT molecular complexity index is 932. The summed E-state index contributed by atoms with van der Waals surface area (Å²) in [5.74, 6) is 0.374. The lowest BCUT2D eigenvalue weighted by Crippen LogP contribution is -2.44. The highest BCUT2D eigenvalue weighted by Crippen LogP contribution is 2.34. The number of amides is 1. The van der Waals surface area contributed by atoms with Crippen LogP contribution in [0.2, 0.25) is 0 Å². The zero-order valence-electron chi connectivity index (χ0n) is 18.1. The summed E-state index contributed by atoms with van der Waals surface area (Å²) in [5, 5.41) is 0.547. The molecule has 0 spiro atoms. The van der Waals surface area contributed by atoms with E-state index in [1.54, 1.807) is 4.90 Å². The van der Waals surface area contributed by atoms with Gasteiger partial charge in [-0.2, -0.15) is 4.31 Å². The van der Waals surface area contributed by atoms with Gasteiger partial charge in [-0.3, -0.25) is 9.69 Å². The van der Waals surface area contributed by atoms with Crippen molar-refractivity contribution in [2.24, 2.45) is 0 Å². The Morgan fingerprint density at radius 3 is 2.40 bits per heavy atom. The Labute approximate surface area is 189 Å². The zero-order chi connectivity index (χ0) is 21.6. The molecule has 0 radical (unpaired) electrons. The van der Waals surface area contributed by atoms with Crippen LogP contribution in [0.4, 0.5) is 5.13 Å². The normalized spacial score (nSPS) is 11.7. The molecule has 0 aliphatic rings. The van der Waals surface area contributed by atoms with Crippen molar-refractivity contribution in [1.82, 2.24) is 14.2 Å². The molecule has 0 unspecified atom stereocenters. The molecule has 0 N–H and O–H groups in total. The van der Waals surface area contributed by atoms with Gasteiger partial charge in [-0.05, 0) is 32.1 Å². The minimum atomic E-state index is -3.45. The highest BCUT2D eigenvalue weighted by Gasteiger charge is 2.24. The fourth-order valence-electron chi connectivity index (χ4n) is 2.80. The van der Waals surface area contributed by atoms with E-state index in [0.29, 0.717) is 36.1 Å². The molecule has 2 aromatic rings. The quantitative estimate of drug-likeness (QED) is 0.493. The van der Waals surface area contributed by atoms with Crippen molar-refractivity contribution in [2.45, 2.75) is 20.8 Å². The molecule has 170 valence electrons. The maximum atomic E-state index is 13.0. The summed E-state index contributed by atoms with van der Waals surface area (Å²) in [6, 6.07) is 5.69. The number of carbonyl (C=O) groups excluding carboxylic acids is 1. The van der Waals surface area contributed by atoms with Gasteiger partial charge in [0.05, 0.1) is 24.1 Å². The van der Waals surface area contributed by atoms with Crippen LogP contribution in [0.3, 0.4) is 0 Å². The van der Waals surface area contributed by atoms with Crippen LogP contribution < -0.4 is 9.64 Å². The summed E-state index contributed by atoms with van der Waals surface area (Å²) in [7, 11) is -2.05. The average Bonchev–Trinajstić information content (AvgIpc) is 3.09. The van der Waals surface area contributed by atoms with Crippen molar-refractivity contribution in [3.05, 3.63) is 18.2 Å². The number of benzene rings is 1. The molecule has 1 aromatic heterocycles. The molecule has 2 rings (SSSR count). The van der Waals surface area contributed by atoms with Crippen molar-refractivity contribution >= 4 is 55.0 Å². The van der Waals surface area contributed by atoms with Gasteiger partial charge in [0.15, 0.2) is 5.13 Å². The Kier molecular flexibility index (Phi) is 10.5. The van der Waals surface area contributed by atoms with E-state index in [1.807, 2.05) is 25.1 Å². The standard InChI is InChI=1S/C19H30N4O4S2.ClH/c1-6-22(7-2)12-13-23(17(24)14-21(4)29(5,25)26)19-20-18-15(27-8-3)10-9-11-16(18)28-19;/h9-11H,6-8,12-14H2,1-5H3;1H. The third kappa shape index (κ3) is 6.78. The Morgan fingerprint density at radius 1 is 1.17 bits per heavy atom. The van der Waals surface area contributed by atoms with Crippen LogP contribution >= 0.6 is 23.7 Å². The van der Waals surface area contributed by atoms with E-state index in [1.165, 1.54) is 18.4 Å². The second-order valence-corrected chi connectivity index (χ2v) is 9.72. The number of nitrogens with zero attached hydrogens (tertiary/aromatic N) is 4. The third-order valence-electron chi connectivity index (χ3n) is 4.66. The summed E-state index contributed by atoms with van der Waals surface area (Å²) in [6.07, 6.45) is 1.09. The molecule has 0 saturated heterocycles. The predicted octanol–water partition coefficient (Wildman–Crippen LogP) is 2.68. The fraction of sp³-hybridized carbons (Fsp3) is 0.579. The molecule has 1 amide bonds. The molecule has 30 heavy (non-hydrogen) atoms. The number of sulfonamides is 1. The van der Waals surface area contributed by atoms with Crippen molar-refractivity contribution in [2.75, 3.05) is 57.5 Å².